The van der Waals surface area contributed by atoms with E-state index >= 15 is 0 Å². The van der Waals surface area contributed by atoms with Gasteiger partial charge in [0.2, 0.25) is 0 Å². The molecule has 0 radical (unpaired) electrons. The number of fused-ring (bicyclic) bond motifs is 1. The molecule has 4 aromatic rings. The van der Waals surface area contributed by atoms with Crippen LogP contribution in [0.1, 0.15) is 41.7 Å². The van der Waals surface area contributed by atoms with Crippen molar-refractivity contribution in [2.45, 2.75) is 25.7 Å². The number of pyridine rings is 1. The van der Waals surface area contributed by atoms with Gasteiger partial charge in [0, 0.05) is 51.6 Å². The minimum atomic E-state index is -0.323. The van der Waals surface area contributed by atoms with Gasteiger partial charge in [-0.15, -0.1) is 0 Å². The van der Waals surface area contributed by atoms with Crippen LogP contribution in [-0.4, -0.2) is 36.1 Å². The largest absolute Gasteiger partial charge is 0.465 e. The Labute approximate surface area is 191 Å². The van der Waals surface area contributed by atoms with Gasteiger partial charge in [-0.1, -0.05) is 13.0 Å². The first-order valence-electron chi connectivity index (χ1n) is 11.1. The quantitative estimate of drug-likeness (QED) is 0.378. The minimum absolute atomic E-state index is 0.306. The van der Waals surface area contributed by atoms with Crippen LogP contribution in [0.2, 0.25) is 0 Å². The number of methoxy groups -OCH3 is 1. The Morgan fingerprint density at radius 1 is 1.22 bits per heavy atom. The lowest BCUT2D eigenvalue weighted by Gasteiger charge is -2.28. The molecule has 1 fully saturated rings. The number of thiophene rings is 1. The van der Waals surface area contributed by atoms with E-state index in [0.29, 0.717) is 17.4 Å². The predicted molar refractivity (Wildman–Crippen MR) is 130 cm³/mol. The zero-order chi connectivity index (χ0) is 22.1. The fourth-order valence-corrected chi connectivity index (χ4v) is 5.56. The number of rotatable bonds is 5. The Hall–Kier alpha value is -2.96. The number of nitrogens with one attached hydrogen (secondary N) is 2. The number of carbonyl (C=O) groups excluding carboxylic acids is 1. The highest BCUT2D eigenvalue weighted by Gasteiger charge is 2.28. The van der Waals surface area contributed by atoms with Crippen LogP contribution < -0.4 is 5.32 Å². The number of piperidine rings is 1. The first-order chi connectivity index (χ1) is 15.7. The van der Waals surface area contributed by atoms with Crippen LogP contribution in [0.3, 0.4) is 0 Å². The number of hydrogen-bond donors (Lipinski definition) is 2. The lowest BCUT2D eigenvalue weighted by Crippen LogP contribution is -2.32. The molecule has 2 unspecified atom stereocenters. The summed E-state index contributed by atoms with van der Waals surface area (Å²) >= 11 is 1.67. The van der Waals surface area contributed by atoms with Crippen molar-refractivity contribution >= 4 is 28.2 Å². The maximum atomic E-state index is 12.7. The molecule has 5 rings (SSSR count). The molecule has 0 bridgehead atoms. The molecule has 6 heteroatoms. The maximum absolute atomic E-state index is 12.7. The van der Waals surface area contributed by atoms with E-state index in [4.69, 9.17) is 4.74 Å². The SMILES string of the molecule is COC(=O)c1cccc2[nH]c(C(C)C3CCCNC3)c(-c3cncc(-c4ccsc4)c3)c12. The Kier molecular flexibility index (Phi) is 5.81. The number of aromatic nitrogens is 2. The van der Waals surface area contributed by atoms with Crippen molar-refractivity contribution in [3.05, 3.63) is 64.7 Å². The summed E-state index contributed by atoms with van der Waals surface area (Å²) in [5.41, 5.74) is 7.00. The molecule has 1 aliphatic rings. The number of benzene rings is 1. The number of H-pyrrole nitrogens is 1. The van der Waals surface area contributed by atoms with Crippen molar-refractivity contribution in [1.82, 2.24) is 15.3 Å². The van der Waals surface area contributed by atoms with Gasteiger partial charge in [-0.3, -0.25) is 4.98 Å². The molecule has 3 aromatic heterocycles. The van der Waals surface area contributed by atoms with Gasteiger partial charge in [0.15, 0.2) is 0 Å². The standard InChI is InChI=1S/C26H27N3O2S/c1-16(17-5-4-9-27-12-17)25-23(20-11-19(13-28-14-20)18-8-10-32-15-18)24-21(26(30)31-2)6-3-7-22(24)29-25/h3,6-8,10-11,13-17,27,29H,4-5,9,12H2,1-2H3. The van der Waals surface area contributed by atoms with Crippen molar-refractivity contribution in [3.63, 3.8) is 0 Å². The zero-order valence-corrected chi connectivity index (χ0v) is 19.2. The van der Waals surface area contributed by atoms with Crippen LogP contribution in [0.5, 0.6) is 0 Å². The summed E-state index contributed by atoms with van der Waals surface area (Å²) < 4.78 is 5.13. The number of aromatic amines is 1. The summed E-state index contributed by atoms with van der Waals surface area (Å²) in [6.45, 7) is 4.38. The number of ether oxygens (including phenoxy) is 1. The van der Waals surface area contributed by atoms with Crippen LogP contribution >= 0.6 is 11.3 Å². The summed E-state index contributed by atoms with van der Waals surface area (Å²) in [5.74, 6) is 0.516. The van der Waals surface area contributed by atoms with Crippen molar-refractivity contribution in [3.8, 4) is 22.3 Å². The van der Waals surface area contributed by atoms with Gasteiger partial charge in [-0.2, -0.15) is 11.3 Å². The molecule has 0 saturated carbocycles. The Balaban J connectivity index is 1.73. The van der Waals surface area contributed by atoms with Gasteiger partial charge < -0.3 is 15.0 Å². The van der Waals surface area contributed by atoms with Crippen LogP contribution in [0.15, 0.2) is 53.5 Å². The summed E-state index contributed by atoms with van der Waals surface area (Å²) in [5, 5.41) is 8.67. The maximum Gasteiger partial charge on any atom is 0.338 e. The highest BCUT2D eigenvalue weighted by atomic mass is 32.1. The topological polar surface area (TPSA) is 67.0 Å². The molecule has 0 spiro atoms. The van der Waals surface area contributed by atoms with Crippen LogP contribution in [0.25, 0.3) is 33.2 Å². The highest BCUT2D eigenvalue weighted by Crippen LogP contribution is 2.42. The second-order valence-corrected chi connectivity index (χ2v) is 9.28. The summed E-state index contributed by atoms with van der Waals surface area (Å²) in [6.07, 6.45) is 6.19. The average Bonchev–Trinajstić information content (AvgIpc) is 3.52. The smallest absolute Gasteiger partial charge is 0.338 e. The molecule has 32 heavy (non-hydrogen) atoms. The molecular formula is C26H27N3O2S. The molecule has 1 saturated heterocycles. The third-order valence-corrected chi connectivity index (χ3v) is 7.32. The Morgan fingerprint density at radius 3 is 2.84 bits per heavy atom. The molecule has 0 aliphatic carbocycles. The molecule has 2 N–H and O–H groups in total. The molecule has 0 amide bonds. The van der Waals surface area contributed by atoms with E-state index in [0.717, 1.165) is 51.9 Å². The fraction of sp³-hybridized carbons (Fsp3) is 0.308. The third kappa shape index (κ3) is 3.74. The van der Waals surface area contributed by atoms with Crippen molar-refractivity contribution < 1.29 is 9.53 Å². The Bertz CT molecular complexity index is 1240. The minimum Gasteiger partial charge on any atom is -0.465 e. The molecule has 1 aliphatic heterocycles. The number of esters is 1. The molecular weight excluding hydrogens is 418 g/mol. The van der Waals surface area contributed by atoms with Crippen LogP contribution in [0, 0.1) is 5.92 Å². The molecule has 5 nitrogen and oxygen atoms in total. The normalized spacial score (nSPS) is 17.4. The van der Waals surface area contributed by atoms with Crippen LogP contribution in [0.4, 0.5) is 0 Å². The summed E-state index contributed by atoms with van der Waals surface area (Å²) in [6, 6.07) is 10.1. The van der Waals surface area contributed by atoms with Crippen molar-refractivity contribution in [2.24, 2.45) is 5.92 Å². The zero-order valence-electron chi connectivity index (χ0n) is 18.4. The van der Waals surface area contributed by atoms with Gasteiger partial charge in [0.1, 0.15) is 0 Å². The van der Waals surface area contributed by atoms with E-state index in [1.807, 2.05) is 30.6 Å². The lowest BCUT2D eigenvalue weighted by atomic mass is 9.82. The second kappa shape index (κ2) is 8.88. The van der Waals surface area contributed by atoms with Crippen molar-refractivity contribution in [1.29, 1.82) is 0 Å². The third-order valence-electron chi connectivity index (χ3n) is 6.64. The van der Waals surface area contributed by atoms with E-state index in [1.165, 1.54) is 20.0 Å². The molecule has 4 heterocycles. The fourth-order valence-electron chi connectivity index (χ4n) is 4.89. The van der Waals surface area contributed by atoms with Gasteiger partial charge in [-0.05, 0) is 72.4 Å². The monoisotopic (exact) mass is 445 g/mol. The van der Waals surface area contributed by atoms with Crippen LogP contribution in [-0.2, 0) is 4.74 Å². The van der Waals surface area contributed by atoms with E-state index < -0.39 is 0 Å². The first kappa shape index (κ1) is 20.9. The van der Waals surface area contributed by atoms with E-state index in [9.17, 15) is 4.79 Å². The number of hydrogen-bond acceptors (Lipinski definition) is 5. The molecule has 1 aromatic carbocycles. The number of carbonyl (C=O) groups is 1. The number of nitrogens with zero attached hydrogens (tertiary/aromatic N) is 1. The molecule has 2 atom stereocenters. The van der Waals surface area contributed by atoms with Gasteiger partial charge >= 0.3 is 5.97 Å². The van der Waals surface area contributed by atoms with E-state index in [-0.39, 0.29) is 5.97 Å². The molecule has 164 valence electrons. The summed E-state index contributed by atoms with van der Waals surface area (Å²) in [4.78, 5) is 20.9. The predicted octanol–water partition coefficient (Wildman–Crippen LogP) is 5.85. The van der Waals surface area contributed by atoms with E-state index in [1.54, 1.807) is 11.3 Å². The van der Waals surface area contributed by atoms with Gasteiger partial charge in [0.05, 0.1) is 12.7 Å². The van der Waals surface area contributed by atoms with Crippen molar-refractivity contribution in [2.75, 3.05) is 20.2 Å². The van der Waals surface area contributed by atoms with E-state index in [2.05, 4.69) is 45.1 Å². The highest BCUT2D eigenvalue weighted by molar-refractivity contribution is 7.08. The second-order valence-electron chi connectivity index (χ2n) is 8.50. The lowest BCUT2D eigenvalue weighted by molar-refractivity contribution is 0.0603. The van der Waals surface area contributed by atoms with Gasteiger partial charge in [0.25, 0.3) is 0 Å². The van der Waals surface area contributed by atoms with Gasteiger partial charge in [-0.25, -0.2) is 4.79 Å². The average molecular weight is 446 g/mol. The summed E-state index contributed by atoms with van der Waals surface area (Å²) in [7, 11) is 1.43. The first-order valence-corrected chi connectivity index (χ1v) is 12.0. The Morgan fingerprint density at radius 2 is 2.09 bits per heavy atom.